The summed E-state index contributed by atoms with van der Waals surface area (Å²) in [6.07, 6.45) is 3.52. The van der Waals surface area contributed by atoms with Crippen molar-refractivity contribution in [3.63, 3.8) is 0 Å². The number of rotatable bonds is 3. The molecule has 2 aromatic rings. The van der Waals surface area contributed by atoms with Crippen molar-refractivity contribution in [2.24, 2.45) is 0 Å². The second-order valence-corrected chi connectivity index (χ2v) is 4.43. The van der Waals surface area contributed by atoms with E-state index in [1.807, 2.05) is 0 Å². The van der Waals surface area contributed by atoms with Gasteiger partial charge in [-0.2, -0.15) is 0 Å². The fourth-order valence-corrected chi connectivity index (χ4v) is 1.57. The zero-order valence-corrected chi connectivity index (χ0v) is 10.0. The zero-order chi connectivity index (χ0) is 12.5. The van der Waals surface area contributed by atoms with Crippen molar-refractivity contribution in [2.75, 3.05) is 5.32 Å². The molecule has 3 rings (SSSR count). The van der Waals surface area contributed by atoms with E-state index in [2.05, 4.69) is 20.5 Å². The number of amides is 1. The normalized spacial score (nSPS) is 14.5. The van der Waals surface area contributed by atoms with Crippen molar-refractivity contribution >= 4 is 23.5 Å². The first-order valence-corrected chi connectivity index (χ1v) is 5.86. The number of anilines is 1. The topological polar surface area (TPSA) is 80.9 Å². The molecule has 18 heavy (non-hydrogen) atoms. The Kier molecular flexibility index (Phi) is 2.71. The average Bonchev–Trinajstić information content (AvgIpc) is 3.11. The first kappa shape index (κ1) is 11.2. The summed E-state index contributed by atoms with van der Waals surface area (Å²) < 4.78 is 5.32. The van der Waals surface area contributed by atoms with Gasteiger partial charge in [0.15, 0.2) is 0 Å². The van der Waals surface area contributed by atoms with Crippen molar-refractivity contribution in [2.45, 2.75) is 18.8 Å². The third-order valence-electron chi connectivity index (χ3n) is 2.58. The van der Waals surface area contributed by atoms with Gasteiger partial charge in [0, 0.05) is 12.1 Å². The number of hydrogen-bond acceptors (Lipinski definition) is 5. The van der Waals surface area contributed by atoms with Crippen LogP contribution in [0.3, 0.4) is 0 Å². The molecule has 7 heteroatoms. The van der Waals surface area contributed by atoms with Gasteiger partial charge in [-0.15, -0.1) is 5.10 Å². The van der Waals surface area contributed by atoms with Crippen molar-refractivity contribution in [3.05, 3.63) is 34.9 Å². The quantitative estimate of drug-likeness (QED) is 0.860. The molecular formula is C11H9ClN4O2. The summed E-state index contributed by atoms with van der Waals surface area (Å²) in [6.45, 7) is 0. The van der Waals surface area contributed by atoms with E-state index < -0.39 is 0 Å². The predicted molar refractivity (Wildman–Crippen MR) is 63.5 cm³/mol. The van der Waals surface area contributed by atoms with Gasteiger partial charge in [-0.1, -0.05) is 16.7 Å². The van der Waals surface area contributed by atoms with Gasteiger partial charge in [-0.3, -0.25) is 10.1 Å². The van der Waals surface area contributed by atoms with Crippen LogP contribution in [-0.4, -0.2) is 21.1 Å². The molecule has 1 fully saturated rings. The van der Waals surface area contributed by atoms with E-state index in [1.54, 1.807) is 12.1 Å². The highest BCUT2D eigenvalue weighted by Crippen LogP contribution is 2.39. The SMILES string of the molecule is O=C(Nc1nnc(C2CC2)o1)c1ccc(Cl)nc1. The highest BCUT2D eigenvalue weighted by molar-refractivity contribution is 6.29. The minimum atomic E-state index is -0.356. The zero-order valence-electron chi connectivity index (χ0n) is 9.26. The standard InChI is InChI=1S/C11H9ClN4O2/c12-8-4-3-7(5-13-8)9(17)14-11-16-15-10(18-11)6-1-2-6/h3-6H,1-2H2,(H,14,16,17). The number of carbonyl (C=O) groups is 1. The number of nitrogens with zero attached hydrogens (tertiary/aromatic N) is 3. The van der Waals surface area contributed by atoms with E-state index >= 15 is 0 Å². The Hall–Kier alpha value is -1.95. The van der Waals surface area contributed by atoms with Gasteiger partial charge in [0.2, 0.25) is 5.89 Å². The van der Waals surface area contributed by atoms with Crippen LogP contribution in [0.2, 0.25) is 5.15 Å². The van der Waals surface area contributed by atoms with Crippen molar-refractivity contribution < 1.29 is 9.21 Å². The largest absolute Gasteiger partial charge is 0.408 e. The van der Waals surface area contributed by atoms with Crippen LogP contribution < -0.4 is 5.32 Å². The maximum absolute atomic E-state index is 11.8. The summed E-state index contributed by atoms with van der Waals surface area (Å²) in [7, 11) is 0. The lowest BCUT2D eigenvalue weighted by atomic mass is 10.3. The van der Waals surface area contributed by atoms with Crippen LogP contribution in [0.15, 0.2) is 22.7 Å². The number of aromatic nitrogens is 3. The molecule has 0 radical (unpaired) electrons. The van der Waals surface area contributed by atoms with Crippen molar-refractivity contribution in [3.8, 4) is 0 Å². The Morgan fingerprint density at radius 1 is 1.39 bits per heavy atom. The lowest BCUT2D eigenvalue weighted by Crippen LogP contribution is -2.12. The summed E-state index contributed by atoms with van der Waals surface area (Å²) in [5.74, 6) is 0.588. The molecule has 1 saturated carbocycles. The maximum atomic E-state index is 11.8. The molecule has 0 atom stereocenters. The first-order valence-electron chi connectivity index (χ1n) is 5.48. The Bertz CT molecular complexity index is 577. The van der Waals surface area contributed by atoms with Crippen LogP contribution in [0.1, 0.15) is 35.0 Å². The smallest absolute Gasteiger partial charge is 0.322 e. The van der Waals surface area contributed by atoms with Crippen LogP contribution in [0, 0.1) is 0 Å². The van der Waals surface area contributed by atoms with Gasteiger partial charge in [-0.25, -0.2) is 4.98 Å². The van der Waals surface area contributed by atoms with Crippen LogP contribution in [0.25, 0.3) is 0 Å². The summed E-state index contributed by atoms with van der Waals surface area (Å²) in [5.41, 5.74) is 0.380. The van der Waals surface area contributed by atoms with Gasteiger partial charge in [0.25, 0.3) is 5.91 Å². The number of carbonyl (C=O) groups excluding carboxylic acids is 1. The van der Waals surface area contributed by atoms with Crippen LogP contribution in [-0.2, 0) is 0 Å². The maximum Gasteiger partial charge on any atom is 0.322 e. The molecule has 6 nitrogen and oxygen atoms in total. The highest BCUT2D eigenvalue weighted by atomic mass is 35.5. The summed E-state index contributed by atoms with van der Waals surface area (Å²) in [5, 5.41) is 10.5. The number of halogens is 1. The molecule has 2 aromatic heterocycles. The molecule has 0 bridgehead atoms. The van der Waals surface area contributed by atoms with Gasteiger partial charge in [-0.05, 0) is 25.0 Å². The van der Waals surface area contributed by atoms with E-state index in [0.29, 0.717) is 22.5 Å². The van der Waals surface area contributed by atoms with Gasteiger partial charge >= 0.3 is 6.01 Å². The number of nitrogens with one attached hydrogen (secondary N) is 1. The number of pyridine rings is 1. The molecule has 1 aliphatic carbocycles. The Morgan fingerprint density at radius 2 is 2.22 bits per heavy atom. The second kappa shape index (κ2) is 4.38. The molecule has 0 spiro atoms. The van der Waals surface area contributed by atoms with E-state index in [4.69, 9.17) is 16.0 Å². The Balaban J connectivity index is 1.70. The lowest BCUT2D eigenvalue weighted by Gasteiger charge is -1.99. The van der Waals surface area contributed by atoms with Crippen molar-refractivity contribution in [1.82, 2.24) is 15.2 Å². The molecule has 92 valence electrons. The highest BCUT2D eigenvalue weighted by Gasteiger charge is 2.29. The molecule has 0 aromatic carbocycles. The van der Waals surface area contributed by atoms with Gasteiger partial charge < -0.3 is 4.42 Å². The van der Waals surface area contributed by atoms with Gasteiger partial charge in [0.05, 0.1) is 5.56 Å². The van der Waals surface area contributed by atoms with Crippen LogP contribution >= 0.6 is 11.6 Å². The van der Waals surface area contributed by atoms with E-state index in [9.17, 15) is 4.79 Å². The van der Waals surface area contributed by atoms with E-state index in [0.717, 1.165) is 12.8 Å². The first-order chi connectivity index (χ1) is 8.72. The Labute approximate surface area is 107 Å². The monoisotopic (exact) mass is 264 g/mol. The minimum absolute atomic E-state index is 0.108. The predicted octanol–water partition coefficient (Wildman–Crippen LogP) is 2.25. The van der Waals surface area contributed by atoms with E-state index in [-0.39, 0.29) is 11.9 Å². The molecule has 2 heterocycles. The summed E-state index contributed by atoms with van der Waals surface area (Å²) >= 11 is 5.64. The third kappa shape index (κ3) is 2.33. The summed E-state index contributed by atoms with van der Waals surface area (Å²) in [6, 6.07) is 3.22. The van der Waals surface area contributed by atoms with Crippen LogP contribution in [0.4, 0.5) is 6.01 Å². The fraction of sp³-hybridized carbons (Fsp3) is 0.273. The molecule has 0 unspecified atom stereocenters. The summed E-state index contributed by atoms with van der Waals surface area (Å²) in [4.78, 5) is 15.6. The molecule has 1 amide bonds. The van der Waals surface area contributed by atoms with Crippen LogP contribution in [0.5, 0.6) is 0 Å². The average molecular weight is 265 g/mol. The van der Waals surface area contributed by atoms with Crippen molar-refractivity contribution in [1.29, 1.82) is 0 Å². The van der Waals surface area contributed by atoms with E-state index in [1.165, 1.54) is 6.20 Å². The third-order valence-corrected chi connectivity index (χ3v) is 2.80. The second-order valence-electron chi connectivity index (χ2n) is 4.04. The fourth-order valence-electron chi connectivity index (χ4n) is 1.46. The molecule has 0 aliphatic heterocycles. The minimum Gasteiger partial charge on any atom is -0.408 e. The number of hydrogen-bond donors (Lipinski definition) is 1. The van der Waals surface area contributed by atoms with Gasteiger partial charge in [0.1, 0.15) is 5.15 Å². The molecule has 0 saturated heterocycles. The Morgan fingerprint density at radius 3 is 2.89 bits per heavy atom. The molecule has 1 aliphatic rings. The molecule has 1 N–H and O–H groups in total. The lowest BCUT2D eigenvalue weighted by molar-refractivity contribution is 0.102. The molecular weight excluding hydrogens is 256 g/mol.